The molecule has 1 aromatic heterocycles. The Morgan fingerprint density at radius 1 is 1.11 bits per heavy atom. The van der Waals surface area contributed by atoms with E-state index in [1.165, 1.54) is 16.8 Å². The third kappa shape index (κ3) is 6.39. The lowest BCUT2D eigenvalue weighted by Gasteiger charge is -2.39. The molecule has 38 heavy (non-hydrogen) atoms. The number of halogens is 4. The number of aromatic nitrogens is 2. The highest BCUT2D eigenvalue weighted by Crippen LogP contribution is 2.40. The van der Waals surface area contributed by atoms with E-state index in [1.54, 1.807) is 18.3 Å². The fourth-order valence-electron chi connectivity index (χ4n) is 5.71. The predicted octanol–water partition coefficient (Wildman–Crippen LogP) is 6.03. The Balaban J connectivity index is 1.21. The average Bonchev–Trinajstić information content (AvgIpc) is 3.72. The largest absolute Gasteiger partial charge is 0.573 e. The molecule has 2 saturated carbocycles. The second-order valence-corrected chi connectivity index (χ2v) is 11.1. The van der Waals surface area contributed by atoms with Gasteiger partial charge in [0.15, 0.2) is 0 Å². The van der Waals surface area contributed by atoms with Crippen LogP contribution in [-0.4, -0.2) is 48.0 Å². The molecule has 2 aromatic rings. The van der Waals surface area contributed by atoms with Gasteiger partial charge in [-0.15, -0.1) is 13.2 Å². The van der Waals surface area contributed by atoms with Crippen molar-refractivity contribution in [3.63, 3.8) is 0 Å². The molecule has 1 aromatic carbocycles. The van der Waals surface area contributed by atoms with Gasteiger partial charge < -0.3 is 19.7 Å². The minimum Gasteiger partial charge on any atom is -0.406 e. The second-order valence-electron chi connectivity index (χ2n) is 10.7. The van der Waals surface area contributed by atoms with E-state index in [4.69, 9.17) is 16.3 Å². The molecule has 0 radical (unpaired) electrons. The number of ether oxygens (including phenoxy) is 2. The van der Waals surface area contributed by atoms with Crippen molar-refractivity contribution in [2.24, 2.45) is 11.8 Å². The van der Waals surface area contributed by atoms with E-state index in [-0.39, 0.29) is 28.4 Å². The topological polar surface area (TPSA) is 68.6 Å². The highest BCUT2D eigenvalue weighted by Gasteiger charge is 2.37. The summed E-state index contributed by atoms with van der Waals surface area (Å²) in [6.07, 6.45) is 3.36. The first-order valence-electron chi connectivity index (χ1n) is 13.4. The van der Waals surface area contributed by atoms with Crippen molar-refractivity contribution in [1.82, 2.24) is 9.78 Å². The summed E-state index contributed by atoms with van der Waals surface area (Å²) in [4.78, 5) is 15.4. The molecule has 2 aliphatic carbocycles. The van der Waals surface area contributed by atoms with Crippen LogP contribution in [0.15, 0.2) is 35.3 Å². The third-order valence-electron chi connectivity index (χ3n) is 8.07. The SMILES string of the molecule is C[C@@H]1CCOC[C@H]1CNc1cnn(C2CCC(N(c3ccc(OC(F)(F)F)cc3)C3CC3)CC2)c(=O)c1Cl. The predicted molar refractivity (Wildman–Crippen MR) is 140 cm³/mol. The molecule has 2 atom stereocenters. The zero-order valence-corrected chi connectivity index (χ0v) is 22.2. The number of hydrogen-bond donors (Lipinski definition) is 1. The van der Waals surface area contributed by atoms with Gasteiger partial charge in [-0.2, -0.15) is 5.10 Å². The zero-order valence-electron chi connectivity index (χ0n) is 21.4. The van der Waals surface area contributed by atoms with Gasteiger partial charge in [-0.05, 0) is 75.1 Å². The summed E-state index contributed by atoms with van der Waals surface area (Å²) in [7, 11) is 0. The van der Waals surface area contributed by atoms with Gasteiger partial charge in [0.2, 0.25) is 0 Å². The van der Waals surface area contributed by atoms with E-state index in [2.05, 4.69) is 27.0 Å². The number of hydrogen-bond acceptors (Lipinski definition) is 6. The number of nitrogens with zero attached hydrogens (tertiary/aromatic N) is 3. The molecule has 1 saturated heterocycles. The highest BCUT2D eigenvalue weighted by molar-refractivity contribution is 6.32. The summed E-state index contributed by atoms with van der Waals surface area (Å²) in [5.41, 5.74) is 1.17. The smallest absolute Gasteiger partial charge is 0.406 e. The Labute approximate surface area is 225 Å². The van der Waals surface area contributed by atoms with Gasteiger partial charge in [0, 0.05) is 36.8 Å². The van der Waals surface area contributed by atoms with E-state index in [1.807, 2.05) is 0 Å². The molecule has 11 heteroatoms. The Morgan fingerprint density at radius 2 is 1.76 bits per heavy atom. The molecule has 0 amide bonds. The van der Waals surface area contributed by atoms with E-state index >= 15 is 0 Å². The molecule has 0 spiro atoms. The highest BCUT2D eigenvalue weighted by atomic mass is 35.5. The summed E-state index contributed by atoms with van der Waals surface area (Å²) in [5.74, 6) is 0.683. The van der Waals surface area contributed by atoms with Crippen LogP contribution >= 0.6 is 11.6 Å². The molecule has 2 heterocycles. The fourth-order valence-corrected chi connectivity index (χ4v) is 5.91. The molecule has 0 bridgehead atoms. The van der Waals surface area contributed by atoms with Gasteiger partial charge in [-0.25, -0.2) is 4.68 Å². The third-order valence-corrected chi connectivity index (χ3v) is 8.43. The van der Waals surface area contributed by atoms with E-state index in [0.717, 1.165) is 57.2 Å². The summed E-state index contributed by atoms with van der Waals surface area (Å²) in [6, 6.07) is 6.73. The van der Waals surface area contributed by atoms with Crippen molar-refractivity contribution >= 4 is 23.0 Å². The first-order valence-corrected chi connectivity index (χ1v) is 13.8. The normalized spacial score (nSPS) is 26.1. The molecule has 0 unspecified atom stereocenters. The van der Waals surface area contributed by atoms with Crippen LogP contribution in [0.2, 0.25) is 5.02 Å². The van der Waals surface area contributed by atoms with Gasteiger partial charge in [-0.1, -0.05) is 18.5 Å². The van der Waals surface area contributed by atoms with Crippen molar-refractivity contribution in [2.75, 3.05) is 30.0 Å². The number of benzene rings is 1. The Hall–Kier alpha value is -2.46. The molecule has 208 valence electrons. The van der Waals surface area contributed by atoms with E-state index in [0.29, 0.717) is 36.7 Å². The zero-order chi connectivity index (χ0) is 26.9. The Kier molecular flexibility index (Phi) is 8.09. The lowest BCUT2D eigenvalue weighted by atomic mass is 9.89. The maximum atomic E-state index is 13.1. The van der Waals surface area contributed by atoms with Crippen LogP contribution in [0.4, 0.5) is 24.5 Å². The van der Waals surface area contributed by atoms with Crippen molar-refractivity contribution in [3.05, 3.63) is 45.8 Å². The number of alkyl halides is 3. The summed E-state index contributed by atoms with van der Waals surface area (Å²) in [6.45, 7) is 4.38. The minimum atomic E-state index is -4.71. The van der Waals surface area contributed by atoms with Gasteiger partial charge >= 0.3 is 6.36 Å². The summed E-state index contributed by atoms with van der Waals surface area (Å²) in [5, 5.41) is 7.92. The second kappa shape index (κ2) is 11.3. The first kappa shape index (κ1) is 27.1. The molecular weight excluding hydrogens is 521 g/mol. The standard InChI is InChI=1S/C27H34ClF3N4O3/c1-17-12-13-37-16-18(17)14-32-24-15-33-35(26(36)25(24)28)22-6-4-20(5-7-22)34(19-2-3-19)21-8-10-23(11-9-21)38-27(29,30)31/h8-11,15,17-20,22,32H,2-7,12-14,16H2,1H3/t17-,18-,20?,22?/m1/s1. The average molecular weight is 555 g/mol. The van der Waals surface area contributed by atoms with Gasteiger partial charge in [0.1, 0.15) is 10.8 Å². The summed E-state index contributed by atoms with van der Waals surface area (Å²) >= 11 is 6.48. The van der Waals surface area contributed by atoms with Crippen molar-refractivity contribution in [2.45, 2.75) is 76.4 Å². The van der Waals surface area contributed by atoms with Crippen molar-refractivity contribution in [1.29, 1.82) is 0 Å². The van der Waals surface area contributed by atoms with Crippen LogP contribution in [0.3, 0.4) is 0 Å². The maximum Gasteiger partial charge on any atom is 0.573 e. The molecule has 3 aliphatic rings. The maximum absolute atomic E-state index is 13.1. The molecule has 1 N–H and O–H groups in total. The number of nitrogens with one attached hydrogen (secondary N) is 1. The fraction of sp³-hybridized carbons (Fsp3) is 0.630. The molecule has 1 aliphatic heterocycles. The van der Waals surface area contributed by atoms with Crippen LogP contribution in [0, 0.1) is 11.8 Å². The van der Waals surface area contributed by atoms with Crippen LogP contribution in [0.1, 0.15) is 57.9 Å². The Bertz CT molecular complexity index is 1150. The van der Waals surface area contributed by atoms with Crippen LogP contribution in [-0.2, 0) is 4.74 Å². The van der Waals surface area contributed by atoms with Crippen LogP contribution < -0.4 is 20.5 Å². The minimum absolute atomic E-state index is 0.0410. The van der Waals surface area contributed by atoms with Crippen LogP contribution in [0.25, 0.3) is 0 Å². The monoisotopic (exact) mass is 554 g/mol. The van der Waals surface area contributed by atoms with Gasteiger partial charge in [-0.3, -0.25) is 4.79 Å². The molecule has 7 nitrogen and oxygen atoms in total. The van der Waals surface area contributed by atoms with E-state index in [9.17, 15) is 18.0 Å². The number of anilines is 2. The lowest BCUT2D eigenvalue weighted by molar-refractivity contribution is -0.274. The molecule has 3 fully saturated rings. The lowest BCUT2D eigenvalue weighted by Crippen LogP contribution is -2.41. The van der Waals surface area contributed by atoms with Crippen molar-refractivity contribution < 1.29 is 22.6 Å². The van der Waals surface area contributed by atoms with E-state index < -0.39 is 6.36 Å². The number of rotatable bonds is 8. The summed E-state index contributed by atoms with van der Waals surface area (Å²) < 4.78 is 48.7. The molecule has 5 rings (SSSR count). The quantitative estimate of drug-likeness (QED) is 0.429. The van der Waals surface area contributed by atoms with Gasteiger partial charge in [0.05, 0.1) is 24.5 Å². The molecular formula is C27H34ClF3N4O3. The van der Waals surface area contributed by atoms with Crippen molar-refractivity contribution in [3.8, 4) is 5.75 Å². The van der Waals surface area contributed by atoms with Crippen LogP contribution in [0.5, 0.6) is 5.75 Å². The first-order chi connectivity index (χ1) is 18.2. The Morgan fingerprint density at radius 3 is 2.37 bits per heavy atom. The van der Waals surface area contributed by atoms with Gasteiger partial charge in [0.25, 0.3) is 5.56 Å².